The molecule has 5 nitrogen and oxygen atoms in total. The number of esters is 2. The van der Waals surface area contributed by atoms with E-state index in [0.29, 0.717) is 24.7 Å². The lowest BCUT2D eigenvalue weighted by Gasteiger charge is -2.43. The maximum absolute atomic E-state index is 13.0. The molecule has 0 unspecified atom stereocenters. The van der Waals surface area contributed by atoms with E-state index in [1.165, 1.54) is 11.1 Å². The van der Waals surface area contributed by atoms with Gasteiger partial charge < -0.3 is 14.2 Å². The van der Waals surface area contributed by atoms with Gasteiger partial charge in [0.25, 0.3) is 0 Å². The first-order valence-corrected chi connectivity index (χ1v) is 17.0. The number of para-hydroxylation sites is 2. The van der Waals surface area contributed by atoms with Gasteiger partial charge in [0.05, 0.1) is 26.1 Å². The second kappa shape index (κ2) is 15.2. The minimum Gasteiger partial charge on any atom is -0.426 e. The molecule has 6 aromatic rings. The first kappa shape index (κ1) is 32.8. The lowest BCUT2D eigenvalue weighted by molar-refractivity contribution is -0.134. The van der Waals surface area contributed by atoms with Gasteiger partial charge in [-0.05, 0) is 81.6 Å². The minimum absolute atomic E-state index is 0.116. The third kappa shape index (κ3) is 7.75. The Balaban J connectivity index is 1.13. The topological polar surface area (TPSA) is 61.8 Å². The Morgan fingerprint density at radius 2 is 0.760 bits per heavy atom. The molecular weight excluding hydrogens is 620 g/mol. The third-order valence-corrected chi connectivity index (χ3v) is 9.22. The SMILES string of the molecule is O=C(Cc1ccccc1-c1ccccc1CC1(Cc2ccccc2-c2ccccc2CC(=O)Oc2ccccc2)COC1)Oc1ccccc1. The molecule has 0 bridgehead atoms. The van der Waals surface area contributed by atoms with Gasteiger partial charge in [0, 0.05) is 5.41 Å². The zero-order valence-electron chi connectivity index (χ0n) is 27.8. The standard InChI is InChI=1S/C45H38O5/c46-43(49-37-19-3-1-4-20-37)27-33-15-7-11-23-39(33)41-25-13-9-17-35(41)29-45(31-48-32-45)30-36-18-10-14-26-42(36)40-24-12-8-16-34(40)28-44(47)50-38-21-5-2-6-22-38/h1-26H,27-32H2. The first-order chi connectivity index (χ1) is 24.6. The van der Waals surface area contributed by atoms with Gasteiger partial charge in [-0.25, -0.2) is 0 Å². The molecule has 0 radical (unpaired) electrons. The number of carbonyl (C=O) groups excluding carboxylic acids is 2. The maximum atomic E-state index is 13.0. The average molecular weight is 659 g/mol. The van der Waals surface area contributed by atoms with Gasteiger partial charge in [0.2, 0.25) is 0 Å². The van der Waals surface area contributed by atoms with Crippen molar-refractivity contribution in [1.82, 2.24) is 0 Å². The molecule has 7 rings (SSSR count). The van der Waals surface area contributed by atoms with Crippen LogP contribution in [0.25, 0.3) is 22.3 Å². The summed E-state index contributed by atoms with van der Waals surface area (Å²) in [5.41, 5.74) is 8.42. The lowest BCUT2D eigenvalue weighted by atomic mass is 9.72. The molecule has 5 heteroatoms. The van der Waals surface area contributed by atoms with Crippen molar-refractivity contribution < 1.29 is 23.8 Å². The summed E-state index contributed by atoms with van der Waals surface area (Å²) < 4.78 is 17.2. The molecule has 1 aliphatic heterocycles. The molecule has 0 spiro atoms. The Morgan fingerprint density at radius 1 is 0.440 bits per heavy atom. The summed E-state index contributed by atoms with van der Waals surface area (Å²) in [5, 5.41) is 0. The Bertz CT molecular complexity index is 1940. The van der Waals surface area contributed by atoms with Crippen molar-refractivity contribution in [2.75, 3.05) is 13.2 Å². The van der Waals surface area contributed by atoms with Gasteiger partial charge >= 0.3 is 11.9 Å². The van der Waals surface area contributed by atoms with Crippen molar-refractivity contribution in [3.05, 3.63) is 180 Å². The molecule has 0 aromatic heterocycles. The summed E-state index contributed by atoms with van der Waals surface area (Å²) in [6.45, 7) is 1.29. The summed E-state index contributed by atoms with van der Waals surface area (Å²) in [6, 6.07) is 51.4. The van der Waals surface area contributed by atoms with Crippen LogP contribution in [0.3, 0.4) is 0 Å². The van der Waals surface area contributed by atoms with Gasteiger partial charge in [-0.3, -0.25) is 9.59 Å². The summed E-state index contributed by atoms with van der Waals surface area (Å²) >= 11 is 0. The first-order valence-electron chi connectivity index (χ1n) is 17.0. The fourth-order valence-electron chi connectivity index (χ4n) is 6.84. The number of hydrogen-bond acceptors (Lipinski definition) is 5. The molecular formula is C45H38O5. The molecule has 0 saturated carbocycles. The average Bonchev–Trinajstić information content (AvgIpc) is 3.12. The van der Waals surface area contributed by atoms with Crippen LogP contribution >= 0.6 is 0 Å². The quantitative estimate of drug-likeness (QED) is 0.0970. The normalized spacial score (nSPS) is 13.2. The second-order valence-electron chi connectivity index (χ2n) is 12.9. The fourth-order valence-corrected chi connectivity index (χ4v) is 6.84. The molecule has 0 atom stereocenters. The van der Waals surface area contributed by atoms with E-state index >= 15 is 0 Å². The van der Waals surface area contributed by atoms with E-state index in [4.69, 9.17) is 14.2 Å². The summed E-state index contributed by atoms with van der Waals surface area (Å²) in [7, 11) is 0. The van der Waals surface area contributed by atoms with Crippen LogP contribution in [0, 0.1) is 5.41 Å². The van der Waals surface area contributed by atoms with Crippen LogP contribution in [0.4, 0.5) is 0 Å². The summed E-state index contributed by atoms with van der Waals surface area (Å²) in [6.07, 6.45) is 1.95. The summed E-state index contributed by atoms with van der Waals surface area (Å²) in [5.74, 6) is 0.486. The number of hydrogen-bond donors (Lipinski definition) is 0. The van der Waals surface area contributed by atoms with Crippen LogP contribution in [-0.2, 0) is 40.0 Å². The van der Waals surface area contributed by atoms with E-state index in [-0.39, 0.29) is 30.2 Å². The van der Waals surface area contributed by atoms with E-state index in [1.807, 2.05) is 72.8 Å². The molecule has 0 aliphatic carbocycles. The molecule has 50 heavy (non-hydrogen) atoms. The smallest absolute Gasteiger partial charge is 0.315 e. The summed E-state index contributed by atoms with van der Waals surface area (Å²) in [4.78, 5) is 26.0. The fraction of sp³-hybridized carbons (Fsp3) is 0.156. The minimum atomic E-state index is -0.296. The molecule has 0 amide bonds. The molecule has 1 aliphatic rings. The van der Waals surface area contributed by atoms with Crippen LogP contribution in [0.2, 0.25) is 0 Å². The van der Waals surface area contributed by atoms with Crippen molar-refractivity contribution in [2.24, 2.45) is 5.41 Å². The Morgan fingerprint density at radius 3 is 1.12 bits per heavy atom. The second-order valence-corrected chi connectivity index (χ2v) is 12.9. The van der Waals surface area contributed by atoms with Crippen molar-refractivity contribution in [2.45, 2.75) is 25.7 Å². The highest BCUT2D eigenvalue weighted by atomic mass is 16.5. The van der Waals surface area contributed by atoms with Gasteiger partial charge in [-0.1, -0.05) is 133 Å². The van der Waals surface area contributed by atoms with Gasteiger partial charge in [0.15, 0.2) is 0 Å². The van der Waals surface area contributed by atoms with Crippen LogP contribution in [0.1, 0.15) is 22.3 Å². The Labute approximate surface area is 293 Å². The molecule has 1 fully saturated rings. The number of benzene rings is 6. The van der Waals surface area contributed by atoms with Gasteiger partial charge in [-0.15, -0.1) is 0 Å². The van der Waals surface area contributed by atoms with E-state index in [1.54, 1.807) is 24.3 Å². The van der Waals surface area contributed by atoms with Crippen LogP contribution in [0.15, 0.2) is 158 Å². The van der Waals surface area contributed by atoms with Gasteiger partial charge in [0.1, 0.15) is 11.5 Å². The van der Waals surface area contributed by atoms with E-state index in [9.17, 15) is 9.59 Å². The van der Waals surface area contributed by atoms with E-state index < -0.39 is 0 Å². The maximum Gasteiger partial charge on any atom is 0.315 e. The zero-order chi connectivity index (χ0) is 34.2. The van der Waals surface area contributed by atoms with Crippen molar-refractivity contribution in [3.8, 4) is 33.8 Å². The number of ether oxygens (including phenoxy) is 3. The monoisotopic (exact) mass is 658 g/mol. The molecule has 1 saturated heterocycles. The van der Waals surface area contributed by atoms with E-state index in [0.717, 1.165) is 46.2 Å². The van der Waals surface area contributed by atoms with Crippen LogP contribution in [-0.4, -0.2) is 25.2 Å². The predicted molar refractivity (Wildman–Crippen MR) is 196 cm³/mol. The van der Waals surface area contributed by atoms with Crippen molar-refractivity contribution in [3.63, 3.8) is 0 Å². The molecule has 1 heterocycles. The largest absolute Gasteiger partial charge is 0.426 e. The lowest BCUT2D eigenvalue weighted by Crippen LogP contribution is -2.46. The molecule has 248 valence electrons. The molecule has 0 N–H and O–H groups in total. The third-order valence-electron chi connectivity index (χ3n) is 9.22. The number of carbonyl (C=O) groups is 2. The Hall–Kier alpha value is -5.78. The highest BCUT2D eigenvalue weighted by Crippen LogP contribution is 2.41. The number of rotatable bonds is 12. The van der Waals surface area contributed by atoms with Crippen molar-refractivity contribution >= 4 is 11.9 Å². The highest BCUT2D eigenvalue weighted by Gasteiger charge is 2.40. The Kier molecular flexibility index (Phi) is 9.95. The van der Waals surface area contributed by atoms with Crippen molar-refractivity contribution in [1.29, 1.82) is 0 Å². The van der Waals surface area contributed by atoms with Crippen LogP contribution in [0.5, 0.6) is 11.5 Å². The van der Waals surface area contributed by atoms with Gasteiger partial charge in [-0.2, -0.15) is 0 Å². The molecule has 6 aromatic carbocycles. The van der Waals surface area contributed by atoms with E-state index in [2.05, 4.69) is 60.7 Å². The van der Waals surface area contributed by atoms with Crippen LogP contribution < -0.4 is 9.47 Å². The predicted octanol–water partition coefficient (Wildman–Crippen LogP) is 9.12. The highest BCUT2D eigenvalue weighted by molar-refractivity contribution is 5.81. The zero-order valence-corrected chi connectivity index (χ0v) is 27.8.